The van der Waals surface area contributed by atoms with Crippen LogP contribution >= 0.6 is 0 Å². The highest BCUT2D eigenvalue weighted by Gasteiger charge is 2.17. The van der Waals surface area contributed by atoms with Crippen molar-refractivity contribution in [3.63, 3.8) is 0 Å². The molecule has 0 atom stereocenters. The van der Waals surface area contributed by atoms with E-state index in [4.69, 9.17) is 15.3 Å². The van der Waals surface area contributed by atoms with Crippen molar-refractivity contribution in [2.24, 2.45) is 0 Å². The Balaban J connectivity index is 0.000000173. The van der Waals surface area contributed by atoms with Crippen LogP contribution in [0.2, 0.25) is 0 Å². The maximum absolute atomic E-state index is 10.6. The number of fused-ring (bicyclic) bond motifs is 1. The van der Waals surface area contributed by atoms with E-state index in [1.807, 2.05) is 18.2 Å². The van der Waals surface area contributed by atoms with Crippen LogP contribution in [0.25, 0.3) is 11.1 Å². The van der Waals surface area contributed by atoms with E-state index in [0.717, 1.165) is 11.8 Å². The van der Waals surface area contributed by atoms with Crippen molar-refractivity contribution >= 4 is 29.0 Å². The standard InChI is InChI=1S/C8H6N2O3.C7H6O/c9-5-4-2-1-3-10-7(4)13-6(5)8(11)12;8-6-7-4-2-1-3-5-7/h1-3H,9H2,(H,11,12);1-6H. The van der Waals surface area contributed by atoms with Gasteiger partial charge in [0.25, 0.3) is 0 Å². The molecule has 0 saturated heterocycles. The minimum absolute atomic E-state index is 0.121. The quantitative estimate of drug-likeness (QED) is 0.700. The summed E-state index contributed by atoms with van der Waals surface area (Å²) in [6, 6.07) is 12.4. The average molecular weight is 284 g/mol. The molecular formula is C15H12N2O4. The van der Waals surface area contributed by atoms with E-state index in [-0.39, 0.29) is 17.2 Å². The average Bonchev–Trinajstić information content (AvgIpc) is 2.87. The van der Waals surface area contributed by atoms with Crippen LogP contribution in [-0.2, 0) is 0 Å². The van der Waals surface area contributed by atoms with Gasteiger partial charge in [0.15, 0.2) is 0 Å². The molecule has 0 radical (unpaired) electrons. The number of carbonyl (C=O) groups excluding carboxylic acids is 1. The minimum atomic E-state index is -1.18. The molecule has 6 nitrogen and oxygen atoms in total. The molecule has 106 valence electrons. The number of nitrogen functional groups attached to an aromatic ring is 1. The van der Waals surface area contributed by atoms with Gasteiger partial charge in [0.1, 0.15) is 6.29 Å². The first-order valence-electron chi connectivity index (χ1n) is 6.00. The lowest BCUT2D eigenvalue weighted by molar-refractivity contribution is 0.0666. The van der Waals surface area contributed by atoms with Crippen LogP contribution in [0.4, 0.5) is 5.69 Å². The van der Waals surface area contributed by atoms with Gasteiger partial charge in [-0.05, 0) is 12.1 Å². The summed E-state index contributed by atoms with van der Waals surface area (Å²) >= 11 is 0. The van der Waals surface area contributed by atoms with Crippen LogP contribution in [0, 0.1) is 0 Å². The van der Waals surface area contributed by atoms with Gasteiger partial charge in [0.05, 0.1) is 11.1 Å². The lowest BCUT2D eigenvalue weighted by Gasteiger charge is -1.87. The topological polar surface area (TPSA) is 106 Å². The van der Waals surface area contributed by atoms with E-state index in [1.165, 1.54) is 6.20 Å². The predicted molar refractivity (Wildman–Crippen MR) is 77.2 cm³/mol. The molecule has 21 heavy (non-hydrogen) atoms. The molecule has 0 saturated carbocycles. The molecule has 2 aromatic heterocycles. The molecule has 3 rings (SSSR count). The number of aldehydes is 1. The lowest BCUT2D eigenvalue weighted by Crippen LogP contribution is -1.98. The highest BCUT2D eigenvalue weighted by molar-refractivity contribution is 6.01. The molecule has 3 N–H and O–H groups in total. The number of benzene rings is 1. The first-order valence-corrected chi connectivity index (χ1v) is 6.00. The SMILES string of the molecule is Nc1c(C(=O)O)oc2ncccc12.O=Cc1ccccc1. The lowest BCUT2D eigenvalue weighted by atomic mass is 10.2. The number of hydrogen-bond donors (Lipinski definition) is 2. The number of hydrogen-bond acceptors (Lipinski definition) is 5. The van der Waals surface area contributed by atoms with Crippen molar-refractivity contribution in [1.82, 2.24) is 4.98 Å². The predicted octanol–water partition coefficient (Wildman–Crippen LogP) is 2.61. The van der Waals surface area contributed by atoms with Gasteiger partial charge in [-0.15, -0.1) is 0 Å². The normalized spacial score (nSPS) is 9.71. The number of carbonyl (C=O) groups is 2. The van der Waals surface area contributed by atoms with Crippen molar-refractivity contribution in [2.45, 2.75) is 0 Å². The van der Waals surface area contributed by atoms with Gasteiger partial charge < -0.3 is 15.3 Å². The van der Waals surface area contributed by atoms with Crippen molar-refractivity contribution in [1.29, 1.82) is 0 Å². The zero-order chi connectivity index (χ0) is 15.2. The molecule has 0 amide bonds. The maximum Gasteiger partial charge on any atom is 0.374 e. The summed E-state index contributed by atoms with van der Waals surface area (Å²) < 4.78 is 4.92. The zero-order valence-corrected chi connectivity index (χ0v) is 10.9. The van der Waals surface area contributed by atoms with Gasteiger partial charge in [0, 0.05) is 11.8 Å². The van der Waals surface area contributed by atoms with E-state index in [1.54, 1.807) is 24.3 Å². The Morgan fingerprint density at radius 3 is 2.43 bits per heavy atom. The van der Waals surface area contributed by atoms with Crippen LogP contribution in [0.1, 0.15) is 20.9 Å². The summed E-state index contributed by atoms with van der Waals surface area (Å²) in [5, 5.41) is 9.19. The highest BCUT2D eigenvalue weighted by atomic mass is 16.4. The highest BCUT2D eigenvalue weighted by Crippen LogP contribution is 2.25. The van der Waals surface area contributed by atoms with Gasteiger partial charge in [0.2, 0.25) is 11.5 Å². The van der Waals surface area contributed by atoms with Crippen LogP contribution in [0.3, 0.4) is 0 Å². The minimum Gasteiger partial charge on any atom is -0.475 e. The van der Waals surface area contributed by atoms with E-state index in [9.17, 15) is 9.59 Å². The molecular weight excluding hydrogens is 272 g/mol. The van der Waals surface area contributed by atoms with Crippen molar-refractivity contribution in [3.8, 4) is 0 Å². The van der Waals surface area contributed by atoms with Gasteiger partial charge in [-0.25, -0.2) is 9.78 Å². The molecule has 0 spiro atoms. The van der Waals surface area contributed by atoms with Gasteiger partial charge in [-0.2, -0.15) is 0 Å². The molecule has 2 heterocycles. The Hall–Kier alpha value is -3.15. The van der Waals surface area contributed by atoms with Crippen molar-refractivity contribution < 1.29 is 19.1 Å². The monoisotopic (exact) mass is 284 g/mol. The molecule has 0 aliphatic carbocycles. The third kappa shape index (κ3) is 3.24. The summed E-state index contributed by atoms with van der Waals surface area (Å²) in [4.78, 5) is 24.4. The number of furan rings is 1. The third-order valence-electron chi connectivity index (χ3n) is 2.63. The van der Waals surface area contributed by atoms with Crippen molar-refractivity contribution in [2.75, 3.05) is 5.73 Å². The van der Waals surface area contributed by atoms with E-state index in [2.05, 4.69) is 4.98 Å². The first kappa shape index (κ1) is 14.3. The Morgan fingerprint density at radius 1 is 1.19 bits per heavy atom. The molecule has 1 aromatic carbocycles. The van der Waals surface area contributed by atoms with Gasteiger partial charge >= 0.3 is 5.97 Å². The fraction of sp³-hybridized carbons (Fsp3) is 0. The largest absolute Gasteiger partial charge is 0.475 e. The molecule has 6 heteroatoms. The number of pyridine rings is 1. The van der Waals surface area contributed by atoms with Crippen LogP contribution in [0.15, 0.2) is 53.1 Å². The maximum atomic E-state index is 10.6. The fourth-order valence-electron chi connectivity index (χ4n) is 1.64. The van der Waals surface area contributed by atoms with E-state index < -0.39 is 5.97 Å². The summed E-state index contributed by atoms with van der Waals surface area (Å²) in [6.45, 7) is 0. The number of carboxylic acids is 1. The summed E-state index contributed by atoms with van der Waals surface area (Å²) in [5.74, 6) is -1.44. The summed E-state index contributed by atoms with van der Waals surface area (Å²) in [6.07, 6.45) is 2.34. The summed E-state index contributed by atoms with van der Waals surface area (Å²) in [5.41, 5.74) is 6.62. The fourth-order valence-corrected chi connectivity index (χ4v) is 1.64. The third-order valence-corrected chi connectivity index (χ3v) is 2.63. The number of rotatable bonds is 2. The Labute approximate surface area is 119 Å². The van der Waals surface area contributed by atoms with E-state index >= 15 is 0 Å². The van der Waals surface area contributed by atoms with Crippen LogP contribution in [-0.4, -0.2) is 22.3 Å². The molecule has 0 aliphatic heterocycles. The van der Waals surface area contributed by atoms with Crippen LogP contribution < -0.4 is 5.73 Å². The first-order chi connectivity index (χ1) is 10.1. The molecule has 0 bridgehead atoms. The summed E-state index contributed by atoms with van der Waals surface area (Å²) in [7, 11) is 0. The molecule has 0 aliphatic rings. The molecule has 0 unspecified atom stereocenters. The Kier molecular flexibility index (Phi) is 4.30. The smallest absolute Gasteiger partial charge is 0.374 e. The zero-order valence-electron chi connectivity index (χ0n) is 10.9. The Bertz CT molecular complexity index is 766. The number of anilines is 1. The van der Waals surface area contributed by atoms with Crippen LogP contribution in [0.5, 0.6) is 0 Å². The second-order valence-electron chi connectivity index (χ2n) is 4.03. The number of nitrogens with two attached hydrogens (primary N) is 1. The second-order valence-corrected chi connectivity index (χ2v) is 4.03. The number of carboxylic acid groups (broad SMARTS) is 1. The van der Waals surface area contributed by atoms with Crippen molar-refractivity contribution in [3.05, 3.63) is 60.0 Å². The Morgan fingerprint density at radius 2 is 1.90 bits per heavy atom. The van der Waals surface area contributed by atoms with Gasteiger partial charge in [-0.1, -0.05) is 30.3 Å². The molecule has 0 fully saturated rings. The van der Waals surface area contributed by atoms with Gasteiger partial charge in [-0.3, -0.25) is 4.79 Å². The molecule has 3 aromatic rings. The van der Waals surface area contributed by atoms with E-state index in [0.29, 0.717) is 5.39 Å². The number of nitrogens with zero attached hydrogens (tertiary/aromatic N) is 1. The number of aromatic nitrogens is 1. The second kappa shape index (κ2) is 6.33. The number of aromatic carboxylic acids is 1.